The van der Waals surface area contributed by atoms with Crippen molar-refractivity contribution >= 4 is 22.7 Å². The van der Waals surface area contributed by atoms with E-state index >= 15 is 0 Å². The summed E-state index contributed by atoms with van der Waals surface area (Å²) in [6.45, 7) is 0. The number of benzene rings is 2. The van der Waals surface area contributed by atoms with Crippen LogP contribution in [0, 0.1) is 0 Å². The minimum absolute atomic E-state index is 0.951. The fraction of sp³-hybridized carbons (Fsp3) is 0.133. The van der Waals surface area contributed by atoms with E-state index in [0.717, 1.165) is 24.4 Å². The molecule has 2 aromatic rings. The number of nitrogens with one attached hydrogen (secondary N) is 1. The lowest BCUT2D eigenvalue weighted by atomic mass is 10.1. The summed E-state index contributed by atoms with van der Waals surface area (Å²) < 4.78 is 0. The molecule has 0 radical (unpaired) electrons. The molecule has 0 saturated heterocycles. The zero-order valence-corrected chi connectivity index (χ0v) is 9.56. The van der Waals surface area contributed by atoms with Gasteiger partial charge in [0.2, 0.25) is 0 Å². The highest BCUT2D eigenvalue weighted by Gasteiger charge is 2.02. The maximum absolute atomic E-state index is 4.36. The normalized spacial score (nSPS) is 14.7. The molecular formula is C15H14N2. The number of hydrogen-bond donors (Lipinski definition) is 1. The van der Waals surface area contributed by atoms with Crippen LogP contribution < -0.4 is 5.32 Å². The van der Waals surface area contributed by atoms with Crippen LogP contribution in [0.25, 0.3) is 10.8 Å². The zero-order chi connectivity index (χ0) is 11.5. The number of anilines is 1. The Labute approximate surface area is 101 Å². The van der Waals surface area contributed by atoms with Gasteiger partial charge in [-0.25, -0.2) is 4.99 Å². The van der Waals surface area contributed by atoms with Gasteiger partial charge in [-0.2, -0.15) is 0 Å². The van der Waals surface area contributed by atoms with Crippen LogP contribution in [-0.2, 0) is 0 Å². The van der Waals surface area contributed by atoms with Gasteiger partial charge in [0, 0.05) is 17.3 Å². The van der Waals surface area contributed by atoms with E-state index in [9.17, 15) is 0 Å². The highest BCUT2D eigenvalue weighted by Crippen LogP contribution is 2.24. The third-order valence-electron chi connectivity index (χ3n) is 2.92. The number of hydrogen-bond acceptors (Lipinski definition) is 2. The molecule has 3 rings (SSSR count). The van der Waals surface area contributed by atoms with Crippen molar-refractivity contribution in [1.82, 2.24) is 0 Å². The van der Waals surface area contributed by atoms with Crippen LogP contribution in [-0.4, -0.2) is 6.21 Å². The number of allylic oxidation sites excluding steroid dienone is 1. The third kappa shape index (κ3) is 2.07. The van der Waals surface area contributed by atoms with Crippen LogP contribution in [0.3, 0.4) is 0 Å². The molecule has 0 aliphatic carbocycles. The summed E-state index contributed by atoms with van der Waals surface area (Å²) in [6, 6.07) is 14.7. The molecule has 2 aromatic carbocycles. The summed E-state index contributed by atoms with van der Waals surface area (Å²) in [6.07, 6.45) is 6.21. The van der Waals surface area contributed by atoms with E-state index in [1.165, 1.54) is 10.8 Å². The van der Waals surface area contributed by atoms with Crippen LogP contribution in [0.15, 0.2) is 59.4 Å². The maximum atomic E-state index is 4.36. The summed E-state index contributed by atoms with van der Waals surface area (Å²) in [5.74, 6) is 0.951. The van der Waals surface area contributed by atoms with Gasteiger partial charge in [0.25, 0.3) is 0 Å². The highest BCUT2D eigenvalue weighted by atomic mass is 15.0. The Kier molecular flexibility index (Phi) is 2.62. The SMILES string of the molecule is C1=NC(Nc2cccc3ccccc23)=CCC1. The lowest BCUT2D eigenvalue weighted by Gasteiger charge is -2.11. The molecule has 0 amide bonds. The van der Waals surface area contributed by atoms with Crippen molar-refractivity contribution in [3.63, 3.8) is 0 Å². The van der Waals surface area contributed by atoms with E-state index in [2.05, 4.69) is 58.8 Å². The second-order valence-electron chi connectivity index (χ2n) is 4.13. The third-order valence-corrected chi connectivity index (χ3v) is 2.92. The van der Waals surface area contributed by atoms with Gasteiger partial charge in [0.1, 0.15) is 5.82 Å². The first-order chi connectivity index (χ1) is 8.43. The van der Waals surface area contributed by atoms with Gasteiger partial charge in [0.05, 0.1) is 0 Å². The zero-order valence-electron chi connectivity index (χ0n) is 9.56. The van der Waals surface area contributed by atoms with Crippen molar-refractivity contribution in [2.75, 3.05) is 5.32 Å². The van der Waals surface area contributed by atoms with Crippen molar-refractivity contribution in [1.29, 1.82) is 0 Å². The molecule has 0 saturated carbocycles. The van der Waals surface area contributed by atoms with Crippen molar-refractivity contribution in [3.05, 3.63) is 54.4 Å². The van der Waals surface area contributed by atoms with Gasteiger partial charge in [0.15, 0.2) is 0 Å². The second-order valence-corrected chi connectivity index (χ2v) is 4.13. The Bertz CT molecular complexity index is 591. The van der Waals surface area contributed by atoms with Gasteiger partial charge in [-0.1, -0.05) is 36.4 Å². The predicted octanol–water partition coefficient (Wildman–Crippen LogP) is 3.96. The number of nitrogens with zero attached hydrogens (tertiary/aromatic N) is 1. The number of rotatable bonds is 2. The van der Waals surface area contributed by atoms with Crippen molar-refractivity contribution < 1.29 is 0 Å². The fourth-order valence-electron chi connectivity index (χ4n) is 2.07. The summed E-state index contributed by atoms with van der Waals surface area (Å²) in [4.78, 5) is 4.36. The van der Waals surface area contributed by atoms with Crippen LogP contribution in [0.1, 0.15) is 12.8 Å². The minimum Gasteiger partial charge on any atom is -0.340 e. The van der Waals surface area contributed by atoms with E-state index in [1.807, 2.05) is 6.21 Å². The Morgan fingerprint density at radius 1 is 0.941 bits per heavy atom. The van der Waals surface area contributed by atoms with E-state index in [4.69, 9.17) is 0 Å². The molecule has 1 aliphatic rings. The molecule has 17 heavy (non-hydrogen) atoms. The molecule has 84 valence electrons. The number of aliphatic imine (C=N–C) groups is 1. The topological polar surface area (TPSA) is 24.4 Å². The first-order valence-electron chi connectivity index (χ1n) is 5.91. The van der Waals surface area contributed by atoms with Crippen LogP contribution >= 0.6 is 0 Å². The van der Waals surface area contributed by atoms with Gasteiger partial charge >= 0.3 is 0 Å². The van der Waals surface area contributed by atoms with Gasteiger partial charge in [-0.15, -0.1) is 0 Å². The standard InChI is InChI=1S/C15H14N2/c1-2-8-13-12(6-1)7-5-9-14(13)17-15-10-3-4-11-16-15/h1-2,5-11,17H,3-4H2. The Balaban J connectivity index is 2.00. The molecule has 2 nitrogen and oxygen atoms in total. The maximum Gasteiger partial charge on any atom is 0.125 e. The molecular weight excluding hydrogens is 208 g/mol. The van der Waals surface area contributed by atoms with Crippen LogP contribution in [0.2, 0.25) is 0 Å². The molecule has 0 spiro atoms. The monoisotopic (exact) mass is 222 g/mol. The summed E-state index contributed by atoms with van der Waals surface area (Å²) in [5.41, 5.74) is 1.12. The first kappa shape index (κ1) is 10.1. The number of fused-ring (bicyclic) bond motifs is 1. The summed E-state index contributed by atoms with van der Waals surface area (Å²) >= 11 is 0. The van der Waals surface area contributed by atoms with E-state index in [0.29, 0.717) is 0 Å². The quantitative estimate of drug-likeness (QED) is 0.817. The Morgan fingerprint density at radius 2 is 1.82 bits per heavy atom. The van der Waals surface area contributed by atoms with Crippen molar-refractivity contribution in [2.45, 2.75) is 12.8 Å². The van der Waals surface area contributed by atoms with E-state index in [1.54, 1.807) is 0 Å². The Hall–Kier alpha value is -2.09. The smallest absolute Gasteiger partial charge is 0.125 e. The fourth-order valence-corrected chi connectivity index (χ4v) is 2.07. The lowest BCUT2D eigenvalue weighted by Crippen LogP contribution is -2.01. The van der Waals surface area contributed by atoms with Crippen molar-refractivity contribution in [2.24, 2.45) is 4.99 Å². The van der Waals surface area contributed by atoms with Crippen molar-refractivity contribution in [3.8, 4) is 0 Å². The van der Waals surface area contributed by atoms with Gasteiger partial charge in [-0.3, -0.25) is 0 Å². The largest absolute Gasteiger partial charge is 0.340 e. The average molecular weight is 222 g/mol. The summed E-state index contributed by atoms with van der Waals surface area (Å²) in [5, 5.41) is 5.87. The Morgan fingerprint density at radius 3 is 2.71 bits per heavy atom. The van der Waals surface area contributed by atoms with Crippen LogP contribution in [0.4, 0.5) is 5.69 Å². The molecule has 0 unspecified atom stereocenters. The van der Waals surface area contributed by atoms with Gasteiger partial charge < -0.3 is 5.32 Å². The first-order valence-corrected chi connectivity index (χ1v) is 5.91. The predicted molar refractivity (Wildman–Crippen MR) is 73.4 cm³/mol. The minimum atomic E-state index is 0.951. The van der Waals surface area contributed by atoms with Gasteiger partial charge in [-0.05, 0) is 30.4 Å². The molecule has 0 fully saturated rings. The molecule has 0 atom stereocenters. The molecule has 0 aromatic heterocycles. The molecule has 0 bridgehead atoms. The second kappa shape index (κ2) is 4.42. The highest BCUT2D eigenvalue weighted by molar-refractivity contribution is 5.94. The molecule has 1 aliphatic heterocycles. The molecule has 1 N–H and O–H groups in total. The van der Waals surface area contributed by atoms with Crippen LogP contribution in [0.5, 0.6) is 0 Å². The molecule has 1 heterocycles. The average Bonchev–Trinajstić information content (AvgIpc) is 2.40. The van der Waals surface area contributed by atoms with E-state index < -0.39 is 0 Å². The lowest BCUT2D eigenvalue weighted by molar-refractivity contribution is 1.05. The van der Waals surface area contributed by atoms with E-state index in [-0.39, 0.29) is 0 Å². The molecule has 2 heteroatoms. The summed E-state index contributed by atoms with van der Waals surface area (Å²) in [7, 11) is 0.